The van der Waals surface area contributed by atoms with Crippen molar-refractivity contribution in [3.8, 4) is 0 Å². The molecular weight excluding hydrogens is 359 g/mol. The third-order valence-corrected chi connectivity index (χ3v) is 4.22. The number of aromatic nitrogens is 1. The van der Waals surface area contributed by atoms with Gasteiger partial charge in [0.25, 0.3) is 0 Å². The second kappa shape index (κ2) is 7.84. The van der Waals surface area contributed by atoms with Gasteiger partial charge in [0.1, 0.15) is 0 Å². The molecule has 3 heteroatoms. The molecule has 2 rings (SSSR count). The van der Waals surface area contributed by atoms with Crippen LogP contribution in [0.15, 0.2) is 42.7 Å². The van der Waals surface area contributed by atoms with Crippen LogP contribution in [0.2, 0.25) is 0 Å². The zero-order valence-corrected chi connectivity index (χ0v) is 14.4. The van der Waals surface area contributed by atoms with Crippen molar-refractivity contribution >= 4 is 22.6 Å². The van der Waals surface area contributed by atoms with Gasteiger partial charge in [-0.15, -0.1) is 0 Å². The molecule has 0 aliphatic rings. The molecule has 0 fully saturated rings. The third-order valence-electron chi connectivity index (χ3n) is 3.50. The number of nitrogens with one attached hydrogen (secondary N) is 1. The Bertz CT molecular complexity index is 516. The lowest BCUT2D eigenvalue weighted by atomic mass is 10.1. The number of hydrogen-bond acceptors (Lipinski definition) is 1. The van der Waals surface area contributed by atoms with Gasteiger partial charge in [-0.05, 0) is 71.3 Å². The van der Waals surface area contributed by atoms with Crippen molar-refractivity contribution in [2.24, 2.45) is 0 Å². The summed E-state index contributed by atoms with van der Waals surface area (Å²) < 4.78 is 3.56. The molecule has 0 bridgehead atoms. The van der Waals surface area contributed by atoms with Crippen molar-refractivity contribution in [2.45, 2.75) is 39.3 Å². The summed E-state index contributed by atoms with van der Waals surface area (Å²) in [6, 6.07) is 11.5. The minimum absolute atomic E-state index is 0.480. The van der Waals surface area contributed by atoms with Crippen LogP contribution in [0.5, 0.6) is 0 Å². The maximum atomic E-state index is 3.61. The minimum Gasteiger partial charge on any atom is -0.350 e. The molecule has 0 saturated carbocycles. The standard InChI is InChI=1S/C17H23IN2/c1-3-10-19-17(4-2)15-9-11-20(13-15)12-14-5-7-16(18)8-6-14/h5-9,11,13,17,19H,3-4,10,12H2,1-2H3. The fourth-order valence-electron chi connectivity index (χ4n) is 2.38. The van der Waals surface area contributed by atoms with Gasteiger partial charge in [-0.2, -0.15) is 0 Å². The number of hydrogen-bond donors (Lipinski definition) is 1. The van der Waals surface area contributed by atoms with Crippen molar-refractivity contribution in [1.29, 1.82) is 0 Å². The second-order valence-corrected chi connectivity index (χ2v) is 6.40. The average Bonchev–Trinajstić information content (AvgIpc) is 2.91. The first-order valence-electron chi connectivity index (χ1n) is 7.36. The van der Waals surface area contributed by atoms with Gasteiger partial charge in [-0.25, -0.2) is 0 Å². The molecule has 1 aromatic carbocycles. The summed E-state index contributed by atoms with van der Waals surface area (Å²) in [4.78, 5) is 0. The van der Waals surface area contributed by atoms with Crippen molar-refractivity contribution < 1.29 is 0 Å². The van der Waals surface area contributed by atoms with Crippen LogP contribution in [0.25, 0.3) is 0 Å². The van der Waals surface area contributed by atoms with Gasteiger partial charge in [0, 0.05) is 28.6 Å². The Morgan fingerprint density at radius 3 is 2.55 bits per heavy atom. The van der Waals surface area contributed by atoms with Crippen molar-refractivity contribution in [3.05, 3.63) is 57.4 Å². The normalized spacial score (nSPS) is 12.6. The zero-order chi connectivity index (χ0) is 14.4. The van der Waals surface area contributed by atoms with Crippen LogP contribution in [-0.2, 0) is 6.54 Å². The molecule has 0 aliphatic heterocycles. The fraction of sp³-hybridized carbons (Fsp3) is 0.412. The van der Waals surface area contributed by atoms with Gasteiger partial charge in [-0.3, -0.25) is 0 Å². The first kappa shape index (κ1) is 15.6. The van der Waals surface area contributed by atoms with E-state index in [0.717, 1.165) is 19.5 Å². The zero-order valence-electron chi connectivity index (χ0n) is 12.3. The quantitative estimate of drug-likeness (QED) is 0.693. The number of nitrogens with zero attached hydrogens (tertiary/aromatic N) is 1. The third kappa shape index (κ3) is 4.35. The van der Waals surface area contributed by atoms with E-state index in [2.05, 4.69) is 89.0 Å². The minimum atomic E-state index is 0.480. The van der Waals surface area contributed by atoms with Gasteiger partial charge >= 0.3 is 0 Å². The lowest BCUT2D eigenvalue weighted by molar-refractivity contribution is 0.517. The molecule has 2 nitrogen and oxygen atoms in total. The van der Waals surface area contributed by atoms with Crippen molar-refractivity contribution in [3.63, 3.8) is 0 Å². The largest absolute Gasteiger partial charge is 0.350 e. The molecule has 20 heavy (non-hydrogen) atoms. The van der Waals surface area contributed by atoms with Crippen LogP contribution in [0.1, 0.15) is 43.9 Å². The van der Waals surface area contributed by atoms with E-state index in [1.165, 1.54) is 21.1 Å². The SMILES string of the molecule is CCCNC(CC)c1ccn(Cc2ccc(I)cc2)c1. The molecule has 0 saturated heterocycles. The first-order valence-corrected chi connectivity index (χ1v) is 8.44. The highest BCUT2D eigenvalue weighted by Crippen LogP contribution is 2.18. The Morgan fingerprint density at radius 1 is 1.15 bits per heavy atom. The highest BCUT2D eigenvalue weighted by Gasteiger charge is 2.09. The predicted molar refractivity (Wildman–Crippen MR) is 94.0 cm³/mol. The lowest BCUT2D eigenvalue weighted by Gasteiger charge is -2.15. The molecule has 1 N–H and O–H groups in total. The monoisotopic (exact) mass is 382 g/mol. The Balaban J connectivity index is 2.02. The maximum absolute atomic E-state index is 3.61. The van der Waals surface area contributed by atoms with Gasteiger partial charge in [0.05, 0.1) is 0 Å². The summed E-state index contributed by atoms with van der Waals surface area (Å²) in [6.45, 7) is 6.48. The summed E-state index contributed by atoms with van der Waals surface area (Å²) in [5, 5.41) is 3.61. The smallest absolute Gasteiger partial charge is 0.0470 e. The predicted octanol–water partition coefficient (Wildman–Crippen LogP) is 4.59. The fourth-order valence-corrected chi connectivity index (χ4v) is 2.74. The molecule has 1 atom stereocenters. The molecule has 1 heterocycles. The second-order valence-electron chi connectivity index (χ2n) is 5.16. The highest BCUT2D eigenvalue weighted by atomic mass is 127. The topological polar surface area (TPSA) is 17.0 Å². The van der Waals surface area contributed by atoms with Crippen LogP contribution in [-0.4, -0.2) is 11.1 Å². The van der Waals surface area contributed by atoms with Crippen LogP contribution in [0.4, 0.5) is 0 Å². The Kier molecular flexibility index (Phi) is 6.10. The van der Waals surface area contributed by atoms with Crippen molar-refractivity contribution in [2.75, 3.05) is 6.54 Å². The van der Waals surface area contributed by atoms with Crippen LogP contribution >= 0.6 is 22.6 Å². The maximum Gasteiger partial charge on any atom is 0.0470 e. The van der Waals surface area contributed by atoms with E-state index in [1.807, 2.05) is 0 Å². The summed E-state index contributed by atoms with van der Waals surface area (Å²) in [5.74, 6) is 0. The van der Waals surface area contributed by atoms with Crippen molar-refractivity contribution in [1.82, 2.24) is 9.88 Å². The molecule has 0 aliphatic carbocycles. The van der Waals surface area contributed by atoms with Gasteiger partial charge in [0.15, 0.2) is 0 Å². The van der Waals surface area contributed by atoms with E-state index in [4.69, 9.17) is 0 Å². The number of rotatable bonds is 7. The molecular formula is C17H23IN2. The number of halogens is 1. The van der Waals surface area contributed by atoms with E-state index < -0.39 is 0 Å². The molecule has 0 spiro atoms. The summed E-state index contributed by atoms with van der Waals surface area (Å²) >= 11 is 2.34. The highest BCUT2D eigenvalue weighted by molar-refractivity contribution is 14.1. The van der Waals surface area contributed by atoms with E-state index in [0.29, 0.717) is 6.04 Å². The van der Waals surface area contributed by atoms with Gasteiger partial charge < -0.3 is 9.88 Å². The van der Waals surface area contributed by atoms with Gasteiger partial charge in [0.2, 0.25) is 0 Å². The molecule has 2 aromatic rings. The van der Waals surface area contributed by atoms with E-state index in [-0.39, 0.29) is 0 Å². The lowest BCUT2D eigenvalue weighted by Crippen LogP contribution is -2.21. The first-order chi connectivity index (χ1) is 9.72. The van der Waals surface area contributed by atoms with Crippen LogP contribution in [0, 0.1) is 3.57 Å². The molecule has 0 radical (unpaired) electrons. The Hall–Kier alpha value is -0.810. The molecule has 1 aromatic heterocycles. The van der Waals surface area contributed by atoms with Crippen LogP contribution in [0.3, 0.4) is 0 Å². The summed E-state index contributed by atoms with van der Waals surface area (Å²) in [5.41, 5.74) is 2.74. The van der Waals surface area contributed by atoms with E-state index in [9.17, 15) is 0 Å². The average molecular weight is 382 g/mol. The Morgan fingerprint density at radius 2 is 1.90 bits per heavy atom. The molecule has 0 amide bonds. The Labute approximate surface area is 135 Å². The number of benzene rings is 1. The van der Waals surface area contributed by atoms with E-state index in [1.54, 1.807) is 0 Å². The van der Waals surface area contributed by atoms with Gasteiger partial charge in [-0.1, -0.05) is 26.0 Å². The summed E-state index contributed by atoms with van der Waals surface area (Å²) in [7, 11) is 0. The van der Waals surface area contributed by atoms with E-state index >= 15 is 0 Å². The molecule has 108 valence electrons. The molecule has 1 unspecified atom stereocenters. The summed E-state index contributed by atoms with van der Waals surface area (Å²) in [6.07, 6.45) is 6.77. The van der Waals surface area contributed by atoms with Crippen LogP contribution < -0.4 is 5.32 Å².